The smallest absolute Gasteiger partial charge is 0.160 e. The second kappa shape index (κ2) is 4.53. The molecule has 0 radical (unpaired) electrons. The fourth-order valence-corrected chi connectivity index (χ4v) is 1.61. The van der Waals surface area contributed by atoms with Crippen LogP contribution in [0.5, 0.6) is 0 Å². The topological polar surface area (TPSA) is 35.5 Å². The van der Waals surface area contributed by atoms with Gasteiger partial charge in [-0.05, 0) is 18.9 Å². The summed E-state index contributed by atoms with van der Waals surface area (Å²) in [7, 11) is 3.20. The maximum Gasteiger partial charge on any atom is 0.160 e. The lowest BCUT2D eigenvalue weighted by atomic mass is 9.89. The number of ketones is 1. The molecular weight excluding hydrogens is 168 g/mol. The fourth-order valence-electron chi connectivity index (χ4n) is 1.61. The number of allylic oxidation sites excluding steroid dienone is 2. The molecule has 1 aliphatic carbocycles. The minimum atomic E-state index is -0.256. The highest BCUT2D eigenvalue weighted by Gasteiger charge is 2.26. The zero-order valence-corrected chi connectivity index (χ0v) is 8.37. The summed E-state index contributed by atoms with van der Waals surface area (Å²) < 4.78 is 10.2. The van der Waals surface area contributed by atoms with Crippen LogP contribution < -0.4 is 0 Å². The molecule has 0 amide bonds. The Hall–Kier alpha value is -0.670. The Labute approximate surface area is 78.7 Å². The van der Waals surface area contributed by atoms with Crippen LogP contribution in [0.2, 0.25) is 0 Å². The van der Waals surface area contributed by atoms with Crippen LogP contribution in [-0.2, 0) is 14.3 Å². The summed E-state index contributed by atoms with van der Waals surface area (Å²) in [6.07, 6.45) is 3.11. The molecule has 0 bridgehead atoms. The van der Waals surface area contributed by atoms with Gasteiger partial charge in [0.2, 0.25) is 0 Å². The highest BCUT2D eigenvalue weighted by atomic mass is 16.7. The van der Waals surface area contributed by atoms with Crippen LogP contribution in [0.25, 0.3) is 0 Å². The van der Waals surface area contributed by atoms with Crippen LogP contribution in [0.3, 0.4) is 0 Å². The molecule has 0 fully saturated rings. The summed E-state index contributed by atoms with van der Waals surface area (Å²) in [5.41, 5.74) is 0.863. The molecule has 0 aliphatic heterocycles. The molecule has 74 valence electrons. The summed E-state index contributed by atoms with van der Waals surface area (Å²) in [5.74, 6) is 0.376. The van der Waals surface area contributed by atoms with Gasteiger partial charge in [0.05, 0.1) is 0 Å². The second-order valence-corrected chi connectivity index (χ2v) is 3.35. The van der Waals surface area contributed by atoms with E-state index in [1.165, 1.54) is 0 Å². The highest BCUT2D eigenvalue weighted by Crippen LogP contribution is 2.25. The minimum absolute atomic E-state index is 0.172. The zero-order valence-electron chi connectivity index (χ0n) is 8.37. The highest BCUT2D eigenvalue weighted by molar-refractivity contribution is 5.95. The fraction of sp³-hybridized carbons (Fsp3) is 0.700. The van der Waals surface area contributed by atoms with Crippen molar-refractivity contribution in [2.75, 3.05) is 14.2 Å². The molecule has 0 saturated carbocycles. The van der Waals surface area contributed by atoms with E-state index in [2.05, 4.69) is 0 Å². The van der Waals surface area contributed by atoms with E-state index in [9.17, 15) is 4.79 Å². The van der Waals surface area contributed by atoms with E-state index >= 15 is 0 Å². The van der Waals surface area contributed by atoms with Gasteiger partial charge in [0.15, 0.2) is 12.1 Å². The maximum atomic E-state index is 11.4. The Morgan fingerprint density at radius 3 is 2.54 bits per heavy atom. The van der Waals surface area contributed by atoms with Crippen molar-refractivity contribution in [3.63, 3.8) is 0 Å². The number of ether oxygens (including phenoxy) is 2. The van der Waals surface area contributed by atoms with Crippen LogP contribution in [0.1, 0.15) is 19.8 Å². The average molecular weight is 184 g/mol. The van der Waals surface area contributed by atoms with E-state index in [0.29, 0.717) is 6.42 Å². The first-order valence-corrected chi connectivity index (χ1v) is 4.44. The Balaban J connectivity index is 2.60. The third kappa shape index (κ3) is 2.39. The van der Waals surface area contributed by atoms with Crippen molar-refractivity contribution in [3.05, 3.63) is 11.6 Å². The second-order valence-electron chi connectivity index (χ2n) is 3.35. The average Bonchev–Trinajstić information content (AvgIpc) is 2.13. The molecule has 1 atom stereocenters. The van der Waals surface area contributed by atoms with Crippen molar-refractivity contribution in [2.24, 2.45) is 5.92 Å². The molecule has 1 rings (SSSR count). The summed E-state index contributed by atoms with van der Waals surface area (Å²) in [5, 5.41) is 0. The Morgan fingerprint density at radius 2 is 2.08 bits per heavy atom. The quantitative estimate of drug-likeness (QED) is 0.624. The predicted octanol–water partition coefficient (Wildman–Crippen LogP) is 1.53. The molecule has 0 unspecified atom stereocenters. The van der Waals surface area contributed by atoms with E-state index in [1.807, 2.05) is 13.0 Å². The van der Waals surface area contributed by atoms with Crippen LogP contribution in [0.15, 0.2) is 11.6 Å². The van der Waals surface area contributed by atoms with Gasteiger partial charge >= 0.3 is 0 Å². The van der Waals surface area contributed by atoms with E-state index in [0.717, 1.165) is 12.0 Å². The van der Waals surface area contributed by atoms with Crippen molar-refractivity contribution >= 4 is 5.78 Å². The van der Waals surface area contributed by atoms with E-state index in [1.54, 1.807) is 14.2 Å². The first-order valence-electron chi connectivity index (χ1n) is 4.44. The van der Waals surface area contributed by atoms with Crippen LogP contribution in [-0.4, -0.2) is 26.3 Å². The number of rotatable bonds is 3. The molecule has 0 N–H and O–H groups in total. The number of Topliss-reactive ketones (excluding diaryl/α,β-unsaturated/α-hetero) is 1. The third-order valence-corrected chi connectivity index (χ3v) is 2.46. The Morgan fingerprint density at radius 1 is 1.46 bits per heavy atom. The van der Waals surface area contributed by atoms with Crippen molar-refractivity contribution < 1.29 is 14.3 Å². The molecule has 0 spiro atoms. The lowest BCUT2D eigenvalue weighted by molar-refractivity contribution is -0.145. The first-order chi connectivity index (χ1) is 6.19. The summed E-state index contributed by atoms with van der Waals surface area (Å²) in [6, 6.07) is 0. The number of carbonyl (C=O) groups is 1. The van der Waals surface area contributed by atoms with E-state index in [-0.39, 0.29) is 18.0 Å². The van der Waals surface area contributed by atoms with Crippen LogP contribution >= 0.6 is 0 Å². The molecular formula is C10H16O3. The predicted molar refractivity (Wildman–Crippen MR) is 49.3 cm³/mol. The van der Waals surface area contributed by atoms with E-state index in [4.69, 9.17) is 9.47 Å². The Kier molecular flexibility index (Phi) is 3.63. The molecule has 0 heterocycles. The molecule has 1 aliphatic rings. The molecule has 0 saturated heterocycles. The zero-order chi connectivity index (χ0) is 9.84. The van der Waals surface area contributed by atoms with Gasteiger partial charge < -0.3 is 9.47 Å². The van der Waals surface area contributed by atoms with Gasteiger partial charge in [-0.1, -0.05) is 6.08 Å². The molecule has 3 nitrogen and oxygen atoms in total. The lowest BCUT2D eigenvalue weighted by Gasteiger charge is -2.25. The van der Waals surface area contributed by atoms with Gasteiger partial charge in [0.25, 0.3) is 0 Å². The van der Waals surface area contributed by atoms with Gasteiger partial charge in [0, 0.05) is 26.6 Å². The van der Waals surface area contributed by atoms with Crippen LogP contribution in [0, 0.1) is 5.92 Å². The SMILES string of the molecule is COC(OC)[C@H]1CC=C(C)C(=O)C1. The van der Waals surface area contributed by atoms with Gasteiger partial charge in [-0.25, -0.2) is 0 Å². The molecule has 0 aromatic carbocycles. The molecule has 0 aromatic heterocycles. The van der Waals surface area contributed by atoms with Gasteiger partial charge in [-0.2, -0.15) is 0 Å². The number of carbonyl (C=O) groups excluding carboxylic acids is 1. The van der Waals surface area contributed by atoms with Gasteiger partial charge in [-0.3, -0.25) is 4.79 Å². The minimum Gasteiger partial charge on any atom is -0.356 e. The Bertz CT molecular complexity index is 216. The van der Waals surface area contributed by atoms with Gasteiger partial charge in [-0.15, -0.1) is 0 Å². The number of hydrogen-bond donors (Lipinski definition) is 0. The lowest BCUT2D eigenvalue weighted by Crippen LogP contribution is -2.29. The van der Waals surface area contributed by atoms with Gasteiger partial charge in [0.1, 0.15) is 0 Å². The number of methoxy groups -OCH3 is 2. The first kappa shape index (κ1) is 10.4. The standard InChI is InChI=1S/C10H16O3/c1-7-4-5-8(6-9(7)11)10(12-2)13-3/h4,8,10H,5-6H2,1-3H3/t8-/m0/s1. The monoisotopic (exact) mass is 184 g/mol. The molecule has 3 heteroatoms. The molecule has 0 aromatic rings. The summed E-state index contributed by atoms with van der Waals surface area (Å²) >= 11 is 0. The van der Waals surface area contributed by atoms with Crippen LogP contribution in [0.4, 0.5) is 0 Å². The van der Waals surface area contributed by atoms with Crippen molar-refractivity contribution in [3.8, 4) is 0 Å². The van der Waals surface area contributed by atoms with Crippen molar-refractivity contribution in [1.29, 1.82) is 0 Å². The number of hydrogen-bond acceptors (Lipinski definition) is 3. The summed E-state index contributed by atoms with van der Waals surface area (Å²) in [6.45, 7) is 1.85. The van der Waals surface area contributed by atoms with Crippen molar-refractivity contribution in [1.82, 2.24) is 0 Å². The van der Waals surface area contributed by atoms with Crippen molar-refractivity contribution in [2.45, 2.75) is 26.1 Å². The maximum absolute atomic E-state index is 11.4. The normalized spacial score (nSPS) is 23.5. The molecule has 13 heavy (non-hydrogen) atoms. The van der Waals surface area contributed by atoms with E-state index < -0.39 is 0 Å². The third-order valence-electron chi connectivity index (χ3n) is 2.46. The summed E-state index contributed by atoms with van der Waals surface area (Å²) in [4.78, 5) is 11.4. The largest absolute Gasteiger partial charge is 0.356 e.